The first kappa shape index (κ1) is 13.4. The van der Waals surface area contributed by atoms with Crippen LogP contribution in [0.5, 0.6) is 0 Å². The second kappa shape index (κ2) is 5.06. The molecule has 0 saturated heterocycles. The van der Waals surface area contributed by atoms with Crippen LogP contribution in [-0.2, 0) is 13.0 Å². The van der Waals surface area contributed by atoms with Crippen LogP contribution in [0.1, 0.15) is 34.5 Å². The molecule has 1 aromatic carbocycles. The van der Waals surface area contributed by atoms with Gasteiger partial charge in [-0.05, 0) is 39.4 Å². The van der Waals surface area contributed by atoms with E-state index in [1.165, 1.54) is 17.5 Å². The molecule has 0 unspecified atom stereocenters. The zero-order chi connectivity index (χ0) is 14.3. The SMILES string of the molecule is Cc1c(C(=O)CCN(C)C)c2cccc3c2n1CCC3. The maximum Gasteiger partial charge on any atom is 0.166 e. The summed E-state index contributed by atoms with van der Waals surface area (Å²) >= 11 is 0. The largest absolute Gasteiger partial charge is 0.344 e. The number of benzene rings is 1. The van der Waals surface area contributed by atoms with E-state index in [1.807, 2.05) is 14.1 Å². The molecular formula is C17H22N2O. The summed E-state index contributed by atoms with van der Waals surface area (Å²) in [5, 5.41) is 1.16. The Bertz CT molecular complexity index is 667. The Morgan fingerprint density at radius 1 is 1.35 bits per heavy atom. The van der Waals surface area contributed by atoms with Crippen molar-refractivity contribution in [2.24, 2.45) is 0 Å². The number of Topliss-reactive ketones (excluding diaryl/α,β-unsaturated/α-hetero) is 1. The maximum absolute atomic E-state index is 12.6. The van der Waals surface area contributed by atoms with Crippen molar-refractivity contribution >= 4 is 16.7 Å². The van der Waals surface area contributed by atoms with Crippen LogP contribution < -0.4 is 0 Å². The standard InChI is InChI=1S/C17H22N2O/c1-12-16(15(20)9-11-18(2)3)14-8-4-6-13-7-5-10-19(12)17(13)14/h4,6,8H,5,7,9-11H2,1-3H3. The maximum atomic E-state index is 12.6. The predicted octanol–water partition coefficient (Wildman–Crippen LogP) is 3.03. The van der Waals surface area contributed by atoms with E-state index in [2.05, 4.69) is 34.6 Å². The molecule has 0 amide bonds. The summed E-state index contributed by atoms with van der Waals surface area (Å²) in [5.74, 6) is 0.277. The third-order valence-corrected chi connectivity index (χ3v) is 4.32. The summed E-state index contributed by atoms with van der Waals surface area (Å²) in [5.41, 5.74) is 4.79. The van der Waals surface area contributed by atoms with Gasteiger partial charge in [0.25, 0.3) is 0 Å². The highest BCUT2D eigenvalue weighted by Crippen LogP contribution is 2.33. The highest BCUT2D eigenvalue weighted by Gasteiger charge is 2.23. The van der Waals surface area contributed by atoms with E-state index < -0.39 is 0 Å². The van der Waals surface area contributed by atoms with Crippen molar-refractivity contribution < 1.29 is 4.79 Å². The molecular weight excluding hydrogens is 248 g/mol. The number of aromatic nitrogens is 1. The molecule has 0 N–H and O–H groups in total. The lowest BCUT2D eigenvalue weighted by Gasteiger charge is -2.16. The number of hydrogen-bond acceptors (Lipinski definition) is 2. The van der Waals surface area contributed by atoms with E-state index >= 15 is 0 Å². The summed E-state index contributed by atoms with van der Waals surface area (Å²) in [4.78, 5) is 14.7. The van der Waals surface area contributed by atoms with Crippen molar-refractivity contribution in [3.05, 3.63) is 35.0 Å². The lowest BCUT2D eigenvalue weighted by atomic mass is 10.0. The summed E-state index contributed by atoms with van der Waals surface area (Å²) in [6.07, 6.45) is 2.90. The Kier molecular flexibility index (Phi) is 3.38. The fraction of sp³-hybridized carbons (Fsp3) is 0.471. The van der Waals surface area contributed by atoms with E-state index in [-0.39, 0.29) is 5.78 Å². The number of ketones is 1. The van der Waals surface area contributed by atoms with Crippen molar-refractivity contribution in [2.75, 3.05) is 20.6 Å². The molecule has 3 nitrogen and oxygen atoms in total. The molecule has 2 heterocycles. The lowest BCUT2D eigenvalue weighted by Crippen LogP contribution is -2.17. The minimum atomic E-state index is 0.277. The molecule has 20 heavy (non-hydrogen) atoms. The van der Waals surface area contributed by atoms with Gasteiger partial charge in [-0.1, -0.05) is 18.2 Å². The molecule has 0 spiro atoms. The number of carbonyl (C=O) groups excluding carboxylic acids is 1. The first-order chi connectivity index (χ1) is 9.59. The van der Waals surface area contributed by atoms with Gasteiger partial charge < -0.3 is 9.47 Å². The van der Waals surface area contributed by atoms with Crippen molar-refractivity contribution in [1.82, 2.24) is 9.47 Å². The van der Waals surface area contributed by atoms with E-state index in [0.717, 1.165) is 36.2 Å². The average Bonchev–Trinajstić information content (AvgIpc) is 2.72. The minimum Gasteiger partial charge on any atom is -0.344 e. The molecule has 0 atom stereocenters. The zero-order valence-corrected chi connectivity index (χ0v) is 12.6. The van der Waals surface area contributed by atoms with E-state index in [9.17, 15) is 4.79 Å². The molecule has 2 aromatic rings. The lowest BCUT2D eigenvalue weighted by molar-refractivity contribution is 0.0973. The molecule has 1 aliphatic heterocycles. The van der Waals surface area contributed by atoms with E-state index in [4.69, 9.17) is 0 Å². The van der Waals surface area contributed by atoms with E-state index in [1.54, 1.807) is 0 Å². The molecule has 0 bridgehead atoms. The van der Waals surface area contributed by atoms with Crippen LogP contribution in [-0.4, -0.2) is 35.9 Å². The molecule has 1 aliphatic rings. The van der Waals surface area contributed by atoms with Crippen LogP contribution in [0.3, 0.4) is 0 Å². The Morgan fingerprint density at radius 3 is 2.90 bits per heavy atom. The quantitative estimate of drug-likeness (QED) is 0.798. The van der Waals surface area contributed by atoms with Crippen LogP contribution >= 0.6 is 0 Å². The minimum absolute atomic E-state index is 0.277. The summed E-state index contributed by atoms with van der Waals surface area (Å²) in [7, 11) is 4.02. The molecule has 106 valence electrons. The molecule has 0 radical (unpaired) electrons. The Morgan fingerprint density at radius 2 is 2.15 bits per heavy atom. The van der Waals surface area contributed by atoms with Crippen molar-refractivity contribution in [3.8, 4) is 0 Å². The molecule has 0 saturated carbocycles. The van der Waals surface area contributed by atoms with Gasteiger partial charge in [0, 0.05) is 36.2 Å². The average molecular weight is 270 g/mol. The normalized spacial score (nSPS) is 14.2. The van der Waals surface area contributed by atoms with Gasteiger partial charge in [-0.2, -0.15) is 0 Å². The Balaban J connectivity index is 2.10. The fourth-order valence-corrected chi connectivity index (χ4v) is 3.32. The smallest absolute Gasteiger partial charge is 0.166 e. The number of para-hydroxylation sites is 1. The number of carbonyl (C=O) groups is 1. The number of hydrogen-bond donors (Lipinski definition) is 0. The summed E-state index contributed by atoms with van der Waals surface area (Å²) in [6.45, 7) is 3.95. The molecule has 3 heteroatoms. The van der Waals surface area contributed by atoms with Crippen molar-refractivity contribution in [3.63, 3.8) is 0 Å². The van der Waals surface area contributed by atoms with Gasteiger partial charge in [-0.3, -0.25) is 4.79 Å². The van der Waals surface area contributed by atoms with Crippen molar-refractivity contribution in [2.45, 2.75) is 32.7 Å². The van der Waals surface area contributed by atoms with Gasteiger partial charge in [-0.15, -0.1) is 0 Å². The monoisotopic (exact) mass is 270 g/mol. The molecule has 0 aliphatic carbocycles. The van der Waals surface area contributed by atoms with Crippen molar-refractivity contribution in [1.29, 1.82) is 0 Å². The Labute approximate surface area is 120 Å². The number of aryl methyl sites for hydroxylation is 2. The van der Waals surface area contributed by atoms with Crippen LogP contribution in [0.4, 0.5) is 0 Å². The molecule has 0 fully saturated rings. The second-order valence-electron chi connectivity index (χ2n) is 6.01. The second-order valence-corrected chi connectivity index (χ2v) is 6.01. The summed E-state index contributed by atoms with van der Waals surface area (Å²) < 4.78 is 2.34. The third kappa shape index (κ3) is 2.06. The van der Waals surface area contributed by atoms with Gasteiger partial charge in [0.1, 0.15) is 0 Å². The van der Waals surface area contributed by atoms with Crippen LogP contribution in [0.2, 0.25) is 0 Å². The van der Waals surface area contributed by atoms with Crippen LogP contribution in [0, 0.1) is 6.92 Å². The van der Waals surface area contributed by atoms with Gasteiger partial charge in [0.05, 0.1) is 5.52 Å². The molecule has 1 aromatic heterocycles. The first-order valence-corrected chi connectivity index (χ1v) is 7.38. The number of rotatable bonds is 4. The van der Waals surface area contributed by atoms with Crippen LogP contribution in [0.25, 0.3) is 10.9 Å². The van der Waals surface area contributed by atoms with Gasteiger partial charge in [0.2, 0.25) is 0 Å². The Hall–Kier alpha value is -1.61. The number of nitrogens with zero attached hydrogens (tertiary/aromatic N) is 2. The topological polar surface area (TPSA) is 25.2 Å². The predicted molar refractivity (Wildman–Crippen MR) is 82.5 cm³/mol. The van der Waals surface area contributed by atoms with Gasteiger partial charge >= 0.3 is 0 Å². The van der Waals surface area contributed by atoms with Crippen LogP contribution in [0.15, 0.2) is 18.2 Å². The van der Waals surface area contributed by atoms with Gasteiger partial charge in [-0.25, -0.2) is 0 Å². The highest BCUT2D eigenvalue weighted by atomic mass is 16.1. The third-order valence-electron chi connectivity index (χ3n) is 4.32. The highest BCUT2D eigenvalue weighted by molar-refractivity contribution is 6.10. The zero-order valence-electron chi connectivity index (χ0n) is 12.6. The van der Waals surface area contributed by atoms with Gasteiger partial charge in [0.15, 0.2) is 5.78 Å². The fourth-order valence-electron chi connectivity index (χ4n) is 3.32. The first-order valence-electron chi connectivity index (χ1n) is 7.38. The summed E-state index contributed by atoms with van der Waals surface area (Å²) in [6, 6.07) is 6.40. The molecule has 3 rings (SSSR count). The van der Waals surface area contributed by atoms with E-state index in [0.29, 0.717) is 6.42 Å².